The fraction of sp³-hybridized carbons (Fsp3) is 0.938. The van der Waals surface area contributed by atoms with Crippen LogP contribution in [0.5, 0.6) is 0 Å². The van der Waals surface area contributed by atoms with Crippen LogP contribution in [0.1, 0.15) is 59.3 Å². The summed E-state index contributed by atoms with van der Waals surface area (Å²) < 4.78 is 0. The van der Waals surface area contributed by atoms with Crippen molar-refractivity contribution in [1.29, 1.82) is 5.26 Å². The summed E-state index contributed by atoms with van der Waals surface area (Å²) in [6.45, 7) is 8.53. The first-order valence-corrected chi connectivity index (χ1v) is 8.01. The fourth-order valence-corrected chi connectivity index (χ4v) is 4.24. The Labute approximate surface area is 118 Å². The molecule has 4 unspecified atom stereocenters. The molecule has 2 rings (SSSR count). The van der Waals surface area contributed by atoms with E-state index in [9.17, 15) is 5.26 Å². The third kappa shape index (κ3) is 3.30. The molecule has 2 aliphatic rings. The van der Waals surface area contributed by atoms with Crippen molar-refractivity contribution in [3.63, 3.8) is 0 Å². The molecule has 108 valence electrons. The first kappa shape index (κ1) is 14.8. The minimum Gasteiger partial charge on any atom is -0.300 e. The van der Waals surface area contributed by atoms with Gasteiger partial charge in [0.1, 0.15) is 5.54 Å². The highest BCUT2D eigenvalue weighted by molar-refractivity contribution is 5.06. The maximum Gasteiger partial charge on any atom is 0.105 e. The second-order valence-corrected chi connectivity index (χ2v) is 6.67. The van der Waals surface area contributed by atoms with Gasteiger partial charge in [-0.25, -0.2) is 0 Å². The number of fused-ring (bicyclic) bond motifs is 1. The Morgan fingerprint density at radius 1 is 1.37 bits per heavy atom. The summed E-state index contributed by atoms with van der Waals surface area (Å²) >= 11 is 0. The van der Waals surface area contributed by atoms with Crippen molar-refractivity contribution in [2.45, 2.75) is 76.9 Å². The molecule has 3 nitrogen and oxygen atoms in total. The normalized spacial score (nSPS) is 32.3. The van der Waals surface area contributed by atoms with Crippen molar-refractivity contribution in [1.82, 2.24) is 10.2 Å². The lowest BCUT2D eigenvalue weighted by molar-refractivity contribution is 0.122. The lowest BCUT2D eigenvalue weighted by Gasteiger charge is -2.38. The summed E-state index contributed by atoms with van der Waals surface area (Å²) in [5, 5.41) is 12.8. The topological polar surface area (TPSA) is 39.1 Å². The lowest BCUT2D eigenvalue weighted by Crippen LogP contribution is -2.49. The van der Waals surface area contributed by atoms with Gasteiger partial charge in [-0.2, -0.15) is 5.26 Å². The van der Waals surface area contributed by atoms with E-state index in [2.05, 4.69) is 30.1 Å². The molecule has 2 fully saturated rings. The Hall–Kier alpha value is -0.590. The molecule has 1 aliphatic heterocycles. The second kappa shape index (κ2) is 6.24. The molecule has 0 bridgehead atoms. The number of nitriles is 1. The van der Waals surface area contributed by atoms with Gasteiger partial charge in [0.25, 0.3) is 0 Å². The Bertz CT molecular complexity index is 335. The highest BCUT2D eigenvalue weighted by atomic mass is 15.2. The number of likely N-dealkylation sites (tertiary alicyclic amines) is 1. The second-order valence-electron chi connectivity index (χ2n) is 6.67. The predicted octanol–water partition coefficient (Wildman–Crippen LogP) is 2.92. The molecular formula is C16H29N3. The summed E-state index contributed by atoms with van der Waals surface area (Å²) in [7, 11) is 0. The van der Waals surface area contributed by atoms with Gasteiger partial charge in [-0.3, -0.25) is 10.2 Å². The monoisotopic (exact) mass is 263 g/mol. The standard InChI is InChI=1S/C16H29N3/c1-4-18-16(3,12-17)11-13(2)19-10-9-14-7-5-6-8-15(14)19/h13-15,18H,4-11H2,1-3H3. The van der Waals surface area contributed by atoms with Crippen LogP contribution in [0.25, 0.3) is 0 Å². The van der Waals surface area contributed by atoms with Crippen LogP contribution in [0.4, 0.5) is 0 Å². The average Bonchev–Trinajstić information content (AvgIpc) is 2.83. The summed E-state index contributed by atoms with van der Waals surface area (Å²) in [6.07, 6.45) is 7.93. The van der Waals surface area contributed by atoms with Crippen molar-refractivity contribution in [2.75, 3.05) is 13.1 Å². The summed E-state index contributed by atoms with van der Waals surface area (Å²) in [5.41, 5.74) is -0.374. The molecule has 0 spiro atoms. The average molecular weight is 263 g/mol. The third-order valence-corrected chi connectivity index (χ3v) is 5.14. The van der Waals surface area contributed by atoms with Gasteiger partial charge >= 0.3 is 0 Å². The Kier molecular flexibility index (Phi) is 4.86. The molecule has 19 heavy (non-hydrogen) atoms. The maximum absolute atomic E-state index is 9.41. The van der Waals surface area contributed by atoms with Crippen molar-refractivity contribution >= 4 is 0 Å². The van der Waals surface area contributed by atoms with Crippen LogP contribution in [-0.2, 0) is 0 Å². The van der Waals surface area contributed by atoms with Gasteiger partial charge in [0.15, 0.2) is 0 Å². The van der Waals surface area contributed by atoms with E-state index in [0.29, 0.717) is 6.04 Å². The van der Waals surface area contributed by atoms with E-state index < -0.39 is 0 Å². The largest absolute Gasteiger partial charge is 0.300 e. The maximum atomic E-state index is 9.41. The Morgan fingerprint density at radius 3 is 2.79 bits per heavy atom. The molecular weight excluding hydrogens is 234 g/mol. The summed E-state index contributed by atoms with van der Waals surface area (Å²) in [6, 6.07) is 3.78. The van der Waals surface area contributed by atoms with Crippen LogP contribution in [0.3, 0.4) is 0 Å². The van der Waals surface area contributed by atoms with Crippen LogP contribution in [-0.4, -0.2) is 35.6 Å². The molecule has 4 atom stereocenters. The first-order chi connectivity index (χ1) is 9.09. The number of nitrogens with zero attached hydrogens (tertiary/aromatic N) is 2. The SMILES string of the molecule is CCNC(C)(C#N)CC(C)N1CCC2CCCCC21. The van der Waals surface area contributed by atoms with E-state index in [1.54, 1.807) is 0 Å². The van der Waals surface area contributed by atoms with Crippen molar-refractivity contribution in [3.05, 3.63) is 0 Å². The highest BCUT2D eigenvalue weighted by Crippen LogP contribution is 2.38. The third-order valence-electron chi connectivity index (χ3n) is 5.14. The van der Waals surface area contributed by atoms with Crippen LogP contribution >= 0.6 is 0 Å². The molecule has 0 aromatic heterocycles. The van der Waals surface area contributed by atoms with E-state index >= 15 is 0 Å². The fourth-order valence-electron chi connectivity index (χ4n) is 4.24. The molecule has 0 aromatic rings. The molecule has 3 heteroatoms. The number of hydrogen-bond acceptors (Lipinski definition) is 3. The van der Waals surface area contributed by atoms with Crippen molar-refractivity contribution < 1.29 is 0 Å². The van der Waals surface area contributed by atoms with Crippen molar-refractivity contribution in [3.8, 4) is 6.07 Å². The zero-order chi connectivity index (χ0) is 13.9. The van der Waals surface area contributed by atoms with Crippen molar-refractivity contribution in [2.24, 2.45) is 5.92 Å². The van der Waals surface area contributed by atoms with E-state index in [-0.39, 0.29) is 5.54 Å². The van der Waals surface area contributed by atoms with Gasteiger partial charge < -0.3 is 0 Å². The lowest BCUT2D eigenvalue weighted by atomic mass is 9.84. The zero-order valence-electron chi connectivity index (χ0n) is 12.8. The van der Waals surface area contributed by atoms with Crippen LogP contribution in [0, 0.1) is 17.2 Å². The van der Waals surface area contributed by atoms with E-state index in [1.165, 1.54) is 38.6 Å². The summed E-state index contributed by atoms with van der Waals surface area (Å²) in [4.78, 5) is 2.69. The molecule has 1 aliphatic carbocycles. The van der Waals surface area contributed by atoms with E-state index in [4.69, 9.17) is 0 Å². The van der Waals surface area contributed by atoms with Gasteiger partial charge in [-0.15, -0.1) is 0 Å². The van der Waals surface area contributed by atoms with Gasteiger partial charge in [0.05, 0.1) is 6.07 Å². The smallest absolute Gasteiger partial charge is 0.105 e. The zero-order valence-corrected chi connectivity index (χ0v) is 12.8. The number of nitrogens with one attached hydrogen (secondary N) is 1. The first-order valence-electron chi connectivity index (χ1n) is 8.01. The quantitative estimate of drug-likeness (QED) is 0.829. The van der Waals surface area contributed by atoms with E-state index in [1.807, 2.05) is 6.92 Å². The molecule has 0 aromatic carbocycles. The Balaban J connectivity index is 1.96. The molecule has 0 amide bonds. The molecule has 1 saturated heterocycles. The highest BCUT2D eigenvalue weighted by Gasteiger charge is 2.39. The van der Waals surface area contributed by atoms with Gasteiger partial charge in [-0.05, 0) is 58.5 Å². The predicted molar refractivity (Wildman–Crippen MR) is 78.8 cm³/mol. The van der Waals surface area contributed by atoms with Crippen LogP contribution in [0.2, 0.25) is 0 Å². The molecule has 1 saturated carbocycles. The van der Waals surface area contributed by atoms with Gasteiger partial charge in [0.2, 0.25) is 0 Å². The van der Waals surface area contributed by atoms with E-state index in [0.717, 1.165) is 24.9 Å². The van der Waals surface area contributed by atoms with Gasteiger partial charge in [0, 0.05) is 12.1 Å². The molecule has 1 heterocycles. The Morgan fingerprint density at radius 2 is 2.11 bits per heavy atom. The minimum atomic E-state index is -0.374. The number of rotatable bonds is 5. The van der Waals surface area contributed by atoms with Crippen LogP contribution < -0.4 is 5.32 Å². The molecule has 1 N–H and O–H groups in total. The van der Waals surface area contributed by atoms with Gasteiger partial charge in [-0.1, -0.05) is 19.8 Å². The summed E-state index contributed by atoms with van der Waals surface area (Å²) in [5.74, 6) is 0.934. The number of hydrogen-bond donors (Lipinski definition) is 1. The molecule has 0 radical (unpaired) electrons. The minimum absolute atomic E-state index is 0.374. The van der Waals surface area contributed by atoms with Crippen LogP contribution in [0.15, 0.2) is 0 Å².